The van der Waals surface area contributed by atoms with Crippen molar-refractivity contribution in [3.63, 3.8) is 0 Å². The summed E-state index contributed by atoms with van der Waals surface area (Å²) >= 11 is 5.50. The molecule has 2 N–H and O–H groups in total. The van der Waals surface area contributed by atoms with Crippen molar-refractivity contribution in [3.8, 4) is 0 Å². The third-order valence-electron chi connectivity index (χ3n) is 5.53. The molecule has 1 fully saturated rings. The maximum absolute atomic E-state index is 5.50. The van der Waals surface area contributed by atoms with Crippen LogP contribution in [0.1, 0.15) is 49.4 Å². The Hall–Kier alpha value is -2.07. The number of hydrogen-bond donors (Lipinski definition) is 2. The van der Waals surface area contributed by atoms with E-state index in [1.807, 2.05) is 0 Å². The van der Waals surface area contributed by atoms with Crippen LogP contribution in [-0.4, -0.2) is 18.2 Å². The normalized spacial score (nSPS) is 18.1. The van der Waals surface area contributed by atoms with Gasteiger partial charge in [-0.15, -0.1) is 0 Å². The summed E-state index contributed by atoms with van der Waals surface area (Å²) in [6.07, 6.45) is 2.64. The molecule has 3 rings (SSSR count). The summed E-state index contributed by atoms with van der Waals surface area (Å²) in [6.45, 7) is 11.1. The molecule has 0 saturated carbocycles. The highest BCUT2D eigenvalue weighted by atomic mass is 32.1. The molecule has 2 aromatic rings. The minimum atomic E-state index is 0.158. The van der Waals surface area contributed by atoms with Crippen molar-refractivity contribution in [3.05, 3.63) is 59.2 Å². The molecule has 0 aliphatic carbocycles. The van der Waals surface area contributed by atoms with Gasteiger partial charge in [0.2, 0.25) is 0 Å². The Morgan fingerprint density at radius 2 is 1.85 bits per heavy atom. The summed E-state index contributed by atoms with van der Waals surface area (Å²) in [6, 6.07) is 15.4. The van der Waals surface area contributed by atoms with Gasteiger partial charge in [-0.3, -0.25) is 0 Å². The number of aryl methyl sites for hydroxylation is 2. The highest BCUT2D eigenvalue weighted by Crippen LogP contribution is 2.24. The van der Waals surface area contributed by atoms with Crippen LogP contribution >= 0.6 is 12.2 Å². The maximum atomic E-state index is 5.50. The quantitative estimate of drug-likeness (QED) is 0.675. The molecule has 0 radical (unpaired) electrons. The molecule has 1 saturated heterocycles. The van der Waals surface area contributed by atoms with Gasteiger partial charge < -0.3 is 15.5 Å². The van der Waals surface area contributed by atoms with Gasteiger partial charge in [0.15, 0.2) is 5.11 Å². The van der Waals surface area contributed by atoms with Gasteiger partial charge >= 0.3 is 0 Å². The number of nitrogens with zero attached hydrogens (tertiary/aromatic N) is 1. The lowest BCUT2D eigenvalue weighted by Crippen LogP contribution is -2.34. The van der Waals surface area contributed by atoms with Crippen molar-refractivity contribution in [1.29, 1.82) is 0 Å². The van der Waals surface area contributed by atoms with Crippen LogP contribution in [0.15, 0.2) is 42.5 Å². The molecule has 1 aliphatic rings. The summed E-state index contributed by atoms with van der Waals surface area (Å²) in [7, 11) is 0. The molecular weight excluding hydrogens is 350 g/mol. The van der Waals surface area contributed by atoms with Crippen molar-refractivity contribution in [2.75, 3.05) is 23.3 Å². The third-order valence-corrected chi connectivity index (χ3v) is 5.75. The molecule has 1 aliphatic heterocycles. The number of thiocarbonyl (C=S) groups is 1. The molecule has 3 nitrogen and oxygen atoms in total. The number of piperidine rings is 1. The molecule has 1 heterocycles. The maximum Gasteiger partial charge on any atom is 0.171 e. The summed E-state index contributed by atoms with van der Waals surface area (Å²) < 4.78 is 0. The van der Waals surface area contributed by atoms with Crippen LogP contribution in [0.25, 0.3) is 0 Å². The van der Waals surface area contributed by atoms with E-state index in [1.165, 1.54) is 41.8 Å². The van der Waals surface area contributed by atoms with E-state index < -0.39 is 0 Å². The van der Waals surface area contributed by atoms with Crippen molar-refractivity contribution in [1.82, 2.24) is 5.32 Å². The first-order chi connectivity index (χ1) is 12.9. The molecule has 144 valence electrons. The van der Waals surface area contributed by atoms with Crippen LogP contribution < -0.4 is 15.5 Å². The second-order valence-corrected chi connectivity index (χ2v) is 8.31. The topological polar surface area (TPSA) is 27.3 Å². The first kappa shape index (κ1) is 19.7. The first-order valence-corrected chi connectivity index (χ1v) is 10.3. The van der Waals surface area contributed by atoms with E-state index in [0.717, 1.165) is 18.2 Å². The van der Waals surface area contributed by atoms with Crippen molar-refractivity contribution in [2.24, 2.45) is 5.92 Å². The molecule has 0 unspecified atom stereocenters. The SMILES string of the molecule is Cc1ccc(NC(=S)N[C@@H](C)c2ccc(N3CCC[C@H](C)C3)cc2)cc1C. The molecular formula is C23H31N3S. The molecule has 0 bridgehead atoms. The third kappa shape index (κ3) is 5.23. The summed E-state index contributed by atoms with van der Waals surface area (Å²) in [5.74, 6) is 0.785. The highest BCUT2D eigenvalue weighted by Gasteiger charge is 2.17. The molecule has 2 aromatic carbocycles. The van der Waals surface area contributed by atoms with Gasteiger partial charge in [0.1, 0.15) is 0 Å². The fraction of sp³-hybridized carbons (Fsp3) is 0.435. The monoisotopic (exact) mass is 381 g/mol. The zero-order valence-electron chi connectivity index (χ0n) is 16.9. The van der Waals surface area contributed by atoms with Gasteiger partial charge in [-0.1, -0.05) is 25.1 Å². The highest BCUT2D eigenvalue weighted by molar-refractivity contribution is 7.80. The Labute approximate surface area is 169 Å². The molecule has 27 heavy (non-hydrogen) atoms. The lowest BCUT2D eigenvalue weighted by atomic mass is 9.99. The van der Waals surface area contributed by atoms with Crippen LogP contribution in [0.5, 0.6) is 0 Å². The lowest BCUT2D eigenvalue weighted by molar-refractivity contribution is 0.447. The lowest BCUT2D eigenvalue weighted by Gasteiger charge is -2.33. The Morgan fingerprint density at radius 3 is 2.52 bits per heavy atom. The van der Waals surface area contributed by atoms with Gasteiger partial charge in [-0.05, 0) is 92.7 Å². The Balaban J connectivity index is 1.57. The van der Waals surface area contributed by atoms with Crippen LogP contribution in [0.2, 0.25) is 0 Å². The molecule has 4 heteroatoms. The smallest absolute Gasteiger partial charge is 0.171 e. The minimum Gasteiger partial charge on any atom is -0.371 e. The fourth-order valence-electron chi connectivity index (χ4n) is 3.66. The summed E-state index contributed by atoms with van der Waals surface area (Å²) in [5, 5.41) is 7.33. The van der Waals surface area contributed by atoms with Gasteiger partial charge in [-0.25, -0.2) is 0 Å². The van der Waals surface area contributed by atoms with E-state index >= 15 is 0 Å². The van der Waals surface area contributed by atoms with Crippen LogP contribution in [0.3, 0.4) is 0 Å². The average molecular weight is 382 g/mol. The Kier molecular flexibility index (Phi) is 6.38. The number of anilines is 2. The Morgan fingerprint density at radius 1 is 1.11 bits per heavy atom. The number of rotatable bonds is 4. The molecule has 0 spiro atoms. The van der Waals surface area contributed by atoms with Gasteiger partial charge in [0, 0.05) is 24.5 Å². The van der Waals surface area contributed by atoms with Crippen LogP contribution in [0, 0.1) is 19.8 Å². The second-order valence-electron chi connectivity index (χ2n) is 7.90. The van der Waals surface area contributed by atoms with Crippen LogP contribution in [0.4, 0.5) is 11.4 Å². The summed E-state index contributed by atoms with van der Waals surface area (Å²) in [5.41, 5.74) is 6.15. The predicted octanol–water partition coefficient (Wildman–Crippen LogP) is 5.59. The van der Waals surface area contributed by atoms with E-state index in [-0.39, 0.29) is 6.04 Å². The van der Waals surface area contributed by atoms with Crippen molar-refractivity contribution < 1.29 is 0 Å². The largest absolute Gasteiger partial charge is 0.371 e. The standard InChI is InChI=1S/C23H31N3S/c1-16-6-5-13-26(15-16)22-11-8-20(9-12-22)19(4)24-23(27)25-21-10-7-17(2)18(3)14-21/h7-12,14,16,19H,5-6,13,15H2,1-4H3,(H2,24,25,27)/t16-,19-/m0/s1. The van der Waals surface area contributed by atoms with E-state index in [1.54, 1.807) is 0 Å². The van der Waals surface area contributed by atoms with E-state index in [4.69, 9.17) is 12.2 Å². The van der Waals surface area contributed by atoms with Gasteiger partial charge in [0.25, 0.3) is 0 Å². The number of nitrogens with one attached hydrogen (secondary N) is 2. The predicted molar refractivity (Wildman–Crippen MR) is 121 cm³/mol. The van der Waals surface area contributed by atoms with Crippen LogP contribution in [-0.2, 0) is 0 Å². The average Bonchev–Trinajstić information content (AvgIpc) is 2.65. The van der Waals surface area contributed by atoms with Gasteiger partial charge in [0.05, 0.1) is 6.04 Å². The molecule has 0 aromatic heterocycles. The van der Waals surface area contributed by atoms with Crippen molar-refractivity contribution in [2.45, 2.75) is 46.6 Å². The zero-order valence-corrected chi connectivity index (χ0v) is 17.7. The van der Waals surface area contributed by atoms with Crippen molar-refractivity contribution >= 4 is 28.7 Å². The minimum absolute atomic E-state index is 0.158. The number of hydrogen-bond acceptors (Lipinski definition) is 2. The van der Waals surface area contributed by atoms with E-state index in [2.05, 4.69) is 85.7 Å². The molecule has 2 atom stereocenters. The van der Waals surface area contributed by atoms with E-state index in [0.29, 0.717) is 5.11 Å². The Bertz CT molecular complexity index is 785. The van der Waals surface area contributed by atoms with E-state index in [9.17, 15) is 0 Å². The summed E-state index contributed by atoms with van der Waals surface area (Å²) in [4.78, 5) is 2.50. The zero-order chi connectivity index (χ0) is 19.4. The fourth-order valence-corrected chi connectivity index (χ4v) is 3.96. The van der Waals surface area contributed by atoms with Gasteiger partial charge in [-0.2, -0.15) is 0 Å². The first-order valence-electron chi connectivity index (χ1n) is 9.92. The second kappa shape index (κ2) is 8.75. The number of benzene rings is 2. The molecule has 0 amide bonds.